The maximum absolute atomic E-state index is 13.2. The minimum atomic E-state index is -0.540. The number of hydrogen-bond donors (Lipinski definition) is 1. The number of nitrogens with one attached hydrogen (secondary N) is 1. The zero-order chi connectivity index (χ0) is 18.5. The van der Waals surface area contributed by atoms with E-state index >= 15 is 0 Å². The molecule has 1 N–H and O–H groups in total. The number of thiazole rings is 1. The average molecular weight is 379 g/mol. The zero-order valence-corrected chi connectivity index (χ0v) is 14.4. The third-order valence-electron chi connectivity index (χ3n) is 4.35. The fraction of sp³-hybridized carbons (Fsp3) is 0. The van der Waals surface area contributed by atoms with Crippen LogP contribution in [0.3, 0.4) is 0 Å². The fourth-order valence-corrected chi connectivity index (χ4v) is 4.02. The minimum absolute atomic E-state index is 0.326. The summed E-state index contributed by atoms with van der Waals surface area (Å²) < 4.78 is 20.1. The first-order valence-electron chi connectivity index (χ1n) is 7.98. The molecule has 0 radical (unpaired) electrons. The largest absolute Gasteiger partial charge is 0.417 e. The van der Waals surface area contributed by atoms with Crippen molar-refractivity contribution < 1.29 is 13.6 Å². The molecule has 0 saturated heterocycles. The van der Waals surface area contributed by atoms with E-state index < -0.39 is 5.76 Å². The van der Waals surface area contributed by atoms with Crippen molar-refractivity contribution in [3.8, 4) is 22.5 Å². The normalized spacial score (nSPS) is 11.4. The van der Waals surface area contributed by atoms with Crippen LogP contribution in [0, 0.1) is 5.82 Å². The summed E-state index contributed by atoms with van der Waals surface area (Å²) in [6, 6.07) is 11.2. The molecule has 0 aliphatic carbocycles. The van der Waals surface area contributed by atoms with E-state index in [0.29, 0.717) is 33.0 Å². The van der Waals surface area contributed by atoms with E-state index in [0.717, 1.165) is 17.5 Å². The SMILES string of the molecule is O=Cc1c(-c2ccc3[nH]c(=O)oc3c2)nc2scc(-c3ccc(F)cc3)n12. The number of oxazole rings is 1. The molecule has 0 fully saturated rings. The number of nitrogens with zero attached hydrogens (tertiary/aromatic N) is 2. The highest BCUT2D eigenvalue weighted by atomic mass is 32.1. The molecule has 0 unspecified atom stereocenters. The van der Waals surface area contributed by atoms with E-state index in [4.69, 9.17) is 4.42 Å². The second-order valence-electron chi connectivity index (χ2n) is 5.93. The summed E-state index contributed by atoms with van der Waals surface area (Å²) in [5.74, 6) is -0.865. The van der Waals surface area contributed by atoms with Gasteiger partial charge in [0, 0.05) is 10.9 Å². The van der Waals surface area contributed by atoms with Gasteiger partial charge in [-0.05, 0) is 42.0 Å². The van der Waals surface area contributed by atoms with Crippen molar-refractivity contribution in [3.05, 3.63) is 69.9 Å². The van der Waals surface area contributed by atoms with Crippen molar-refractivity contribution in [2.24, 2.45) is 0 Å². The van der Waals surface area contributed by atoms with Gasteiger partial charge in [-0.3, -0.25) is 14.2 Å². The van der Waals surface area contributed by atoms with Crippen LogP contribution in [0.25, 0.3) is 38.6 Å². The quantitative estimate of drug-likeness (QED) is 0.478. The molecule has 27 heavy (non-hydrogen) atoms. The van der Waals surface area contributed by atoms with Crippen LogP contribution in [0.4, 0.5) is 4.39 Å². The third-order valence-corrected chi connectivity index (χ3v) is 5.17. The van der Waals surface area contributed by atoms with Crippen molar-refractivity contribution in [1.29, 1.82) is 0 Å². The van der Waals surface area contributed by atoms with Crippen LogP contribution < -0.4 is 5.76 Å². The first kappa shape index (κ1) is 15.7. The Morgan fingerprint density at radius 1 is 1.15 bits per heavy atom. The lowest BCUT2D eigenvalue weighted by Gasteiger charge is -2.03. The average Bonchev–Trinajstić information content (AvgIpc) is 3.33. The Morgan fingerprint density at radius 2 is 1.93 bits per heavy atom. The number of aldehydes is 1. The second-order valence-corrected chi connectivity index (χ2v) is 6.77. The van der Waals surface area contributed by atoms with Crippen LogP contribution >= 0.6 is 11.3 Å². The number of hydrogen-bond acceptors (Lipinski definition) is 5. The molecule has 0 spiro atoms. The Morgan fingerprint density at radius 3 is 2.70 bits per heavy atom. The van der Waals surface area contributed by atoms with Gasteiger partial charge in [0.1, 0.15) is 17.2 Å². The number of aromatic nitrogens is 3. The number of fused-ring (bicyclic) bond motifs is 2. The predicted octanol–water partition coefficient (Wildman–Crippen LogP) is 4.12. The lowest BCUT2D eigenvalue weighted by molar-refractivity contribution is 0.111. The molecule has 0 aliphatic rings. The van der Waals surface area contributed by atoms with Gasteiger partial charge in [0.05, 0.1) is 11.2 Å². The maximum atomic E-state index is 13.2. The summed E-state index contributed by atoms with van der Waals surface area (Å²) in [5.41, 5.74) is 4.03. The van der Waals surface area contributed by atoms with Crippen molar-refractivity contribution >= 4 is 33.7 Å². The Balaban J connectivity index is 1.74. The smallest absolute Gasteiger partial charge is 0.408 e. The Labute approximate surface area is 154 Å². The van der Waals surface area contributed by atoms with E-state index in [1.807, 2.05) is 5.38 Å². The van der Waals surface area contributed by atoms with E-state index in [1.54, 1.807) is 34.7 Å². The number of halogens is 1. The topological polar surface area (TPSA) is 80.4 Å². The van der Waals surface area contributed by atoms with Gasteiger partial charge in [0.25, 0.3) is 0 Å². The van der Waals surface area contributed by atoms with Crippen molar-refractivity contribution in [3.63, 3.8) is 0 Å². The second kappa shape index (κ2) is 5.75. The molecular weight excluding hydrogens is 369 g/mol. The Hall–Kier alpha value is -3.52. The van der Waals surface area contributed by atoms with E-state index in [1.165, 1.54) is 23.5 Å². The molecule has 0 atom stereocenters. The number of imidazole rings is 1. The number of carbonyl (C=O) groups is 1. The van der Waals surface area contributed by atoms with Gasteiger partial charge in [-0.2, -0.15) is 0 Å². The van der Waals surface area contributed by atoms with Gasteiger partial charge < -0.3 is 4.42 Å². The highest BCUT2D eigenvalue weighted by Gasteiger charge is 2.19. The third kappa shape index (κ3) is 2.42. The van der Waals surface area contributed by atoms with Crippen LogP contribution in [0.2, 0.25) is 0 Å². The number of rotatable bonds is 3. The molecule has 0 saturated carbocycles. The molecule has 8 heteroatoms. The minimum Gasteiger partial charge on any atom is -0.408 e. The standard InChI is InChI=1S/C19H10FN3O3S/c20-12-4-1-10(2-5-12)15-9-27-18-22-17(14(8-24)23(15)18)11-3-6-13-16(7-11)26-19(25)21-13/h1-9H,(H,21,25). The summed E-state index contributed by atoms with van der Waals surface area (Å²) in [6.45, 7) is 0. The van der Waals surface area contributed by atoms with Crippen LogP contribution in [0.5, 0.6) is 0 Å². The van der Waals surface area contributed by atoms with Crippen LogP contribution in [-0.2, 0) is 0 Å². The van der Waals surface area contributed by atoms with E-state index in [-0.39, 0.29) is 5.82 Å². The van der Waals surface area contributed by atoms with Gasteiger partial charge in [-0.1, -0.05) is 6.07 Å². The van der Waals surface area contributed by atoms with Gasteiger partial charge in [-0.25, -0.2) is 14.2 Å². The van der Waals surface area contributed by atoms with Crippen LogP contribution in [0.1, 0.15) is 10.5 Å². The molecule has 0 amide bonds. The first-order chi connectivity index (χ1) is 13.1. The molecule has 0 aliphatic heterocycles. The number of benzene rings is 2. The summed E-state index contributed by atoms with van der Waals surface area (Å²) >= 11 is 1.39. The number of aromatic amines is 1. The predicted molar refractivity (Wildman–Crippen MR) is 99.7 cm³/mol. The molecule has 3 heterocycles. The summed E-state index contributed by atoms with van der Waals surface area (Å²) in [5, 5.41) is 1.88. The summed E-state index contributed by atoms with van der Waals surface area (Å²) in [6.07, 6.45) is 0.743. The summed E-state index contributed by atoms with van der Waals surface area (Å²) in [7, 11) is 0. The van der Waals surface area contributed by atoms with Crippen molar-refractivity contribution in [2.75, 3.05) is 0 Å². The molecule has 5 aromatic rings. The lowest BCUT2D eigenvalue weighted by Crippen LogP contribution is -1.94. The molecule has 6 nitrogen and oxygen atoms in total. The molecule has 132 valence electrons. The fourth-order valence-electron chi connectivity index (χ4n) is 3.12. The molecule has 3 aromatic heterocycles. The lowest BCUT2D eigenvalue weighted by atomic mass is 10.1. The van der Waals surface area contributed by atoms with Crippen LogP contribution in [0.15, 0.2) is 57.1 Å². The molecule has 2 aromatic carbocycles. The number of carbonyl (C=O) groups excluding carboxylic acids is 1. The van der Waals surface area contributed by atoms with E-state index in [9.17, 15) is 14.0 Å². The van der Waals surface area contributed by atoms with E-state index in [2.05, 4.69) is 9.97 Å². The van der Waals surface area contributed by atoms with Crippen LogP contribution in [-0.4, -0.2) is 20.7 Å². The highest BCUT2D eigenvalue weighted by molar-refractivity contribution is 7.15. The van der Waals surface area contributed by atoms with Crippen molar-refractivity contribution in [2.45, 2.75) is 0 Å². The van der Waals surface area contributed by atoms with Gasteiger partial charge in [0.15, 0.2) is 16.8 Å². The van der Waals surface area contributed by atoms with Gasteiger partial charge >= 0.3 is 5.76 Å². The number of H-pyrrole nitrogens is 1. The molecule has 5 rings (SSSR count). The van der Waals surface area contributed by atoms with Crippen molar-refractivity contribution in [1.82, 2.24) is 14.4 Å². The van der Waals surface area contributed by atoms with Gasteiger partial charge in [0.2, 0.25) is 0 Å². The maximum Gasteiger partial charge on any atom is 0.417 e. The first-order valence-corrected chi connectivity index (χ1v) is 8.86. The Kier molecular flexibility index (Phi) is 3.34. The van der Waals surface area contributed by atoms with Gasteiger partial charge in [-0.15, -0.1) is 11.3 Å². The molecular formula is C19H10FN3O3S. The highest BCUT2D eigenvalue weighted by Crippen LogP contribution is 2.33. The monoisotopic (exact) mass is 379 g/mol. The zero-order valence-electron chi connectivity index (χ0n) is 13.6. The summed E-state index contributed by atoms with van der Waals surface area (Å²) in [4.78, 5) is 31.0. The Bertz CT molecular complexity index is 1380. The molecule has 0 bridgehead atoms.